The molecule has 2 heteroatoms. The Kier molecular flexibility index (Phi) is 5.71. The first-order valence-electron chi connectivity index (χ1n) is 8.53. The van der Waals surface area contributed by atoms with Gasteiger partial charge in [0.15, 0.2) is 0 Å². The van der Waals surface area contributed by atoms with E-state index in [0.29, 0.717) is 11.3 Å². The fraction of sp³-hybridized carbons (Fsp3) is 1.00. The van der Waals surface area contributed by atoms with Crippen LogP contribution in [0.5, 0.6) is 0 Å². The molecule has 1 heterocycles. The molecule has 1 aliphatic rings. The Morgan fingerprint density at radius 1 is 1.00 bits per heavy atom. The zero-order valence-electron chi connectivity index (χ0n) is 15.0. The average molecular weight is 284 g/mol. The van der Waals surface area contributed by atoms with Crippen LogP contribution in [-0.4, -0.2) is 5.79 Å². The van der Waals surface area contributed by atoms with Crippen LogP contribution in [0.1, 0.15) is 87.5 Å². The Morgan fingerprint density at radius 2 is 1.55 bits per heavy atom. The summed E-state index contributed by atoms with van der Waals surface area (Å²) >= 11 is 0. The van der Waals surface area contributed by atoms with Crippen molar-refractivity contribution in [3.05, 3.63) is 0 Å². The maximum absolute atomic E-state index is 5.38. The van der Waals surface area contributed by atoms with Crippen molar-refractivity contribution in [3.8, 4) is 0 Å². The van der Waals surface area contributed by atoms with Gasteiger partial charge in [-0.25, -0.2) is 0 Å². The second kappa shape index (κ2) is 6.36. The monoisotopic (exact) mass is 284 g/mol. The summed E-state index contributed by atoms with van der Waals surface area (Å²) in [5.74, 6) is 0.942. The van der Waals surface area contributed by atoms with E-state index < -0.39 is 5.79 Å². The SMILES string of the molecule is CCCCC(CC)C(C(C)(C)CC)C(C)(C)C1(C)OO1. The first-order chi connectivity index (χ1) is 9.16. The Morgan fingerprint density at radius 3 is 1.90 bits per heavy atom. The van der Waals surface area contributed by atoms with E-state index in [1.807, 2.05) is 0 Å². The van der Waals surface area contributed by atoms with Gasteiger partial charge in [0.1, 0.15) is 0 Å². The molecule has 2 nitrogen and oxygen atoms in total. The van der Waals surface area contributed by atoms with Gasteiger partial charge in [0.2, 0.25) is 5.79 Å². The van der Waals surface area contributed by atoms with Gasteiger partial charge in [-0.15, -0.1) is 0 Å². The van der Waals surface area contributed by atoms with Crippen LogP contribution in [0.3, 0.4) is 0 Å². The lowest BCUT2D eigenvalue weighted by Crippen LogP contribution is -2.48. The van der Waals surface area contributed by atoms with Crippen molar-refractivity contribution in [1.82, 2.24) is 0 Å². The third kappa shape index (κ3) is 3.39. The largest absolute Gasteiger partial charge is 0.236 e. The molecule has 1 aliphatic heterocycles. The molecule has 0 aliphatic carbocycles. The van der Waals surface area contributed by atoms with Gasteiger partial charge >= 0.3 is 0 Å². The van der Waals surface area contributed by atoms with Crippen molar-refractivity contribution >= 4 is 0 Å². The van der Waals surface area contributed by atoms with Gasteiger partial charge in [0, 0.05) is 5.41 Å². The second-order valence-electron chi connectivity index (χ2n) is 7.96. The first-order valence-corrected chi connectivity index (χ1v) is 8.53. The Bertz CT molecular complexity index is 303. The maximum Gasteiger partial charge on any atom is 0.236 e. The third-order valence-corrected chi connectivity index (χ3v) is 5.96. The minimum atomic E-state index is -0.399. The Balaban J connectivity index is 3.07. The molecule has 1 saturated heterocycles. The lowest BCUT2D eigenvalue weighted by Gasteiger charge is -2.49. The van der Waals surface area contributed by atoms with Crippen LogP contribution in [0.15, 0.2) is 0 Å². The van der Waals surface area contributed by atoms with E-state index in [0.717, 1.165) is 5.92 Å². The van der Waals surface area contributed by atoms with Crippen molar-refractivity contribution in [2.24, 2.45) is 22.7 Å². The van der Waals surface area contributed by atoms with Crippen LogP contribution in [0.4, 0.5) is 0 Å². The highest BCUT2D eigenvalue weighted by Gasteiger charge is 2.62. The Labute approximate surface area is 126 Å². The van der Waals surface area contributed by atoms with Gasteiger partial charge in [0.05, 0.1) is 0 Å². The molecule has 120 valence electrons. The van der Waals surface area contributed by atoms with Gasteiger partial charge in [-0.1, -0.05) is 80.6 Å². The molecular formula is C18H36O2. The smallest absolute Gasteiger partial charge is 0.195 e. The maximum atomic E-state index is 5.38. The molecule has 20 heavy (non-hydrogen) atoms. The predicted octanol–water partition coefficient (Wildman–Crippen LogP) is 5.96. The van der Waals surface area contributed by atoms with Gasteiger partial charge < -0.3 is 0 Å². The van der Waals surface area contributed by atoms with E-state index in [9.17, 15) is 0 Å². The van der Waals surface area contributed by atoms with E-state index in [1.54, 1.807) is 0 Å². The van der Waals surface area contributed by atoms with Crippen molar-refractivity contribution in [3.63, 3.8) is 0 Å². The summed E-state index contributed by atoms with van der Waals surface area (Å²) < 4.78 is 0. The highest BCUT2D eigenvalue weighted by molar-refractivity contribution is 5.00. The van der Waals surface area contributed by atoms with Gasteiger partial charge in [-0.3, -0.25) is 0 Å². The number of unbranched alkanes of at least 4 members (excludes halogenated alkanes) is 1. The molecule has 0 aromatic carbocycles. The molecule has 0 amide bonds. The molecular weight excluding hydrogens is 248 g/mol. The zero-order chi connectivity index (χ0) is 15.6. The molecule has 1 fully saturated rings. The van der Waals surface area contributed by atoms with Gasteiger partial charge in [-0.2, -0.15) is 9.78 Å². The third-order valence-electron chi connectivity index (χ3n) is 5.96. The molecule has 0 bridgehead atoms. The number of rotatable bonds is 9. The summed E-state index contributed by atoms with van der Waals surface area (Å²) in [4.78, 5) is 10.8. The summed E-state index contributed by atoms with van der Waals surface area (Å²) in [6, 6.07) is 0. The highest BCUT2D eigenvalue weighted by atomic mass is 17.4. The first kappa shape index (κ1) is 18.0. The fourth-order valence-corrected chi connectivity index (χ4v) is 4.06. The number of hydrogen-bond acceptors (Lipinski definition) is 2. The van der Waals surface area contributed by atoms with Crippen molar-refractivity contribution in [2.45, 2.75) is 93.3 Å². The average Bonchev–Trinajstić information content (AvgIpc) is 3.13. The lowest BCUT2D eigenvalue weighted by molar-refractivity contribution is -0.0410. The van der Waals surface area contributed by atoms with Crippen molar-refractivity contribution < 1.29 is 9.78 Å². The highest BCUT2D eigenvalue weighted by Crippen LogP contribution is 2.58. The topological polar surface area (TPSA) is 25.1 Å². The molecule has 1 rings (SSSR count). The van der Waals surface area contributed by atoms with Crippen LogP contribution in [0, 0.1) is 22.7 Å². The minimum Gasteiger partial charge on any atom is -0.195 e. The zero-order valence-corrected chi connectivity index (χ0v) is 15.0. The fourth-order valence-electron chi connectivity index (χ4n) is 4.06. The molecule has 2 unspecified atom stereocenters. The van der Waals surface area contributed by atoms with E-state index >= 15 is 0 Å². The van der Waals surface area contributed by atoms with E-state index in [1.165, 1.54) is 32.1 Å². The Hall–Kier alpha value is -0.0800. The van der Waals surface area contributed by atoms with Gasteiger partial charge in [0.25, 0.3) is 0 Å². The second-order valence-corrected chi connectivity index (χ2v) is 7.96. The van der Waals surface area contributed by atoms with Gasteiger partial charge in [-0.05, 0) is 24.2 Å². The van der Waals surface area contributed by atoms with E-state index in [2.05, 4.69) is 55.4 Å². The van der Waals surface area contributed by atoms with Crippen molar-refractivity contribution in [2.75, 3.05) is 0 Å². The molecule has 0 N–H and O–H groups in total. The van der Waals surface area contributed by atoms with Crippen LogP contribution < -0.4 is 0 Å². The van der Waals surface area contributed by atoms with Crippen LogP contribution in [-0.2, 0) is 9.78 Å². The quantitative estimate of drug-likeness (QED) is 0.385. The van der Waals surface area contributed by atoms with E-state index in [-0.39, 0.29) is 5.41 Å². The summed E-state index contributed by atoms with van der Waals surface area (Å²) in [6.07, 6.45) is 6.36. The molecule has 0 saturated carbocycles. The van der Waals surface area contributed by atoms with Crippen LogP contribution >= 0.6 is 0 Å². The summed E-state index contributed by atoms with van der Waals surface area (Å²) in [5.41, 5.74) is 0.331. The standard InChI is InChI=1S/C18H36O2/c1-9-12-13-14(10-2)15(16(4,5)11-3)17(6,7)18(8)19-20-18/h14-15H,9-13H2,1-8H3. The number of hydrogen-bond donors (Lipinski definition) is 0. The van der Waals surface area contributed by atoms with Crippen molar-refractivity contribution in [1.29, 1.82) is 0 Å². The minimum absolute atomic E-state index is 0.0287. The molecule has 2 atom stereocenters. The summed E-state index contributed by atoms with van der Waals surface area (Å²) in [7, 11) is 0. The molecule has 0 aromatic rings. The molecule has 0 radical (unpaired) electrons. The van der Waals surface area contributed by atoms with Crippen LogP contribution in [0.25, 0.3) is 0 Å². The summed E-state index contributed by atoms with van der Waals surface area (Å²) in [5, 5.41) is 0. The normalized spacial score (nSPS) is 21.6. The predicted molar refractivity (Wildman–Crippen MR) is 85.2 cm³/mol. The lowest BCUT2D eigenvalue weighted by atomic mass is 9.55. The summed E-state index contributed by atoms with van der Waals surface area (Å²) in [6.45, 7) is 18.5. The van der Waals surface area contributed by atoms with E-state index in [4.69, 9.17) is 9.78 Å². The molecule has 0 spiro atoms. The molecule has 0 aromatic heterocycles. The van der Waals surface area contributed by atoms with Crippen LogP contribution in [0.2, 0.25) is 0 Å².